The number of nitrogens with zero attached hydrogens (tertiary/aromatic N) is 4. The van der Waals surface area contributed by atoms with Gasteiger partial charge in [-0.1, -0.05) is 12.8 Å². The van der Waals surface area contributed by atoms with Gasteiger partial charge in [-0.2, -0.15) is 5.10 Å². The van der Waals surface area contributed by atoms with Gasteiger partial charge in [-0.3, -0.25) is 4.79 Å². The van der Waals surface area contributed by atoms with Crippen LogP contribution in [0.2, 0.25) is 0 Å². The Kier molecular flexibility index (Phi) is 4.94. The number of anilines is 1. The van der Waals surface area contributed by atoms with Gasteiger partial charge < -0.3 is 5.32 Å². The van der Waals surface area contributed by atoms with Crippen molar-refractivity contribution in [3.8, 4) is 22.5 Å². The van der Waals surface area contributed by atoms with Crippen molar-refractivity contribution in [1.82, 2.24) is 19.6 Å². The van der Waals surface area contributed by atoms with Crippen molar-refractivity contribution in [3.63, 3.8) is 0 Å². The van der Waals surface area contributed by atoms with E-state index in [1.807, 2.05) is 24.3 Å². The molecule has 0 radical (unpaired) electrons. The number of hydrogen-bond acceptors (Lipinski definition) is 4. The van der Waals surface area contributed by atoms with Crippen LogP contribution in [0, 0.1) is 18.7 Å². The number of halogens is 1. The summed E-state index contributed by atoms with van der Waals surface area (Å²) in [7, 11) is 0. The summed E-state index contributed by atoms with van der Waals surface area (Å²) < 4.78 is 15.6. The van der Waals surface area contributed by atoms with Crippen LogP contribution in [0.5, 0.6) is 0 Å². The molecule has 1 saturated carbocycles. The Morgan fingerprint density at radius 1 is 1.10 bits per heavy atom. The Labute approximate surface area is 179 Å². The van der Waals surface area contributed by atoms with Gasteiger partial charge in [0.1, 0.15) is 17.3 Å². The van der Waals surface area contributed by atoms with Gasteiger partial charge in [-0.15, -0.1) is 0 Å². The standard InChI is InChI=1S/C24H22FN5O/c1-15-13-17(8-9-19(15)25)22-23(30-21(29-22)7-4-11-27-30)18-10-12-26-20(14-18)28-24(31)16-5-2-3-6-16/h4,7-14,16H,2-3,5-6H2,1H3,(H,26,28,31). The van der Waals surface area contributed by atoms with Gasteiger partial charge in [0.05, 0.1) is 5.69 Å². The van der Waals surface area contributed by atoms with Crippen LogP contribution in [-0.4, -0.2) is 25.5 Å². The number of hydrogen-bond donors (Lipinski definition) is 1. The molecular weight excluding hydrogens is 393 g/mol. The summed E-state index contributed by atoms with van der Waals surface area (Å²) in [6.45, 7) is 1.73. The zero-order valence-electron chi connectivity index (χ0n) is 17.2. The number of imidazole rings is 1. The van der Waals surface area contributed by atoms with Crippen LogP contribution < -0.4 is 5.32 Å². The minimum Gasteiger partial charge on any atom is -0.310 e. The maximum atomic E-state index is 13.9. The number of aryl methyl sites for hydroxylation is 1. The monoisotopic (exact) mass is 415 g/mol. The summed E-state index contributed by atoms with van der Waals surface area (Å²) in [6, 6.07) is 12.4. The van der Waals surface area contributed by atoms with Gasteiger partial charge in [0, 0.05) is 29.4 Å². The fourth-order valence-corrected chi connectivity index (χ4v) is 4.20. The molecule has 1 N–H and O–H groups in total. The number of aromatic nitrogens is 4. The first-order chi connectivity index (χ1) is 15.1. The first kappa shape index (κ1) is 19.4. The Balaban J connectivity index is 1.59. The minimum atomic E-state index is -0.256. The Morgan fingerprint density at radius 3 is 2.74 bits per heavy atom. The summed E-state index contributed by atoms with van der Waals surface area (Å²) in [6.07, 6.45) is 7.41. The van der Waals surface area contributed by atoms with E-state index in [0.717, 1.165) is 42.5 Å². The van der Waals surface area contributed by atoms with Crippen LogP contribution >= 0.6 is 0 Å². The topological polar surface area (TPSA) is 72.2 Å². The molecule has 1 aromatic carbocycles. The van der Waals surface area contributed by atoms with Crippen molar-refractivity contribution >= 4 is 17.4 Å². The fraction of sp³-hybridized carbons (Fsp3) is 0.250. The molecule has 1 aliphatic rings. The quantitative estimate of drug-likeness (QED) is 0.507. The number of benzene rings is 1. The average molecular weight is 415 g/mol. The molecule has 4 aromatic rings. The summed E-state index contributed by atoms with van der Waals surface area (Å²) in [5, 5.41) is 7.43. The normalized spacial score (nSPS) is 14.3. The molecule has 0 aliphatic heterocycles. The van der Waals surface area contributed by atoms with Crippen LogP contribution in [0.15, 0.2) is 54.9 Å². The first-order valence-electron chi connectivity index (χ1n) is 10.5. The number of carbonyl (C=O) groups is 1. The highest BCUT2D eigenvalue weighted by molar-refractivity contribution is 5.92. The lowest BCUT2D eigenvalue weighted by atomic mass is 10.0. The van der Waals surface area contributed by atoms with Gasteiger partial charge in [-0.05, 0) is 67.8 Å². The van der Waals surface area contributed by atoms with Gasteiger partial charge in [-0.25, -0.2) is 18.9 Å². The molecule has 0 atom stereocenters. The van der Waals surface area contributed by atoms with E-state index in [-0.39, 0.29) is 17.6 Å². The summed E-state index contributed by atoms with van der Waals surface area (Å²) >= 11 is 0. The van der Waals surface area contributed by atoms with E-state index >= 15 is 0 Å². The molecule has 0 spiro atoms. The van der Waals surface area contributed by atoms with E-state index in [1.165, 1.54) is 6.07 Å². The molecule has 5 rings (SSSR count). The zero-order chi connectivity index (χ0) is 21.4. The zero-order valence-corrected chi connectivity index (χ0v) is 17.2. The number of rotatable bonds is 4. The van der Waals surface area contributed by atoms with E-state index in [1.54, 1.807) is 36.0 Å². The predicted molar refractivity (Wildman–Crippen MR) is 117 cm³/mol. The van der Waals surface area contributed by atoms with E-state index in [4.69, 9.17) is 4.98 Å². The second-order valence-corrected chi connectivity index (χ2v) is 7.97. The summed E-state index contributed by atoms with van der Waals surface area (Å²) in [5.41, 5.74) is 4.31. The summed E-state index contributed by atoms with van der Waals surface area (Å²) in [5.74, 6) is 0.322. The number of fused-ring (bicyclic) bond motifs is 1. The predicted octanol–water partition coefficient (Wildman–Crippen LogP) is 5.03. The Hall–Kier alpha value is -3.61. The molecule has 6 nitrogen and oxygen atoms in total. The Bertz CT molecular complexity index is 1280. The first-order valence-corrected chi connectivity index (χ1v) is 10.5. The molecule has 156 valence electrons. The minimum absolute atomic E-state index is 0.0211. The van der Waals surface area contributed by atoms with Crippen LogP contribution in [0.1, 0.15) is 31.2 Å². The van der Waals surface area contributed by atoms with Gasteiger partial charge in [0.15, 0.2) is 5.65 Å². The van der Waals surface area contributed by atoms with E-state index in [9.17, 15) is 9.18 Å². The number of pyridine rings is 1. The second-order valence-electron chi connectivity index (χ2n) is 7.97. The molecular formula is C24H22FN5O. The lowest BCUT2D eigenvalue weighted by Gasteiger charge is -2.11. The van der Waals surface area contributed by atoms with Crippen molar-refractivity contribution in [1.29, 1.82) is 0 Å². The van der Waals surface area contributed by atoms with Gasteiger partial charge >= 0.3 is 0 Å². The number of amides is 1. The fourth-order valence-electron chi connectivity index (χ4n) is 4.20. The SMILES string of the molecule is Cc1cc(-c2nc3cccnn3c2-c2ccnc(NC(=O)C3CCCC3)c2)ccc1F. The van der Waals surface area contributed by atoms with Gasteiger partial charge in [0.2, 0.25) is 5.91 Å². The van der Waals surface area contributed by atoms with Crippen molar-refractivity contribution in [2.24, 2.45) is 5.92 Å². The van der Waals surface area contributed by atoms with E-state index in [0.29, 0.717) is 22.7 Å². The highest BCUT2D eigenvalue weighted by atomic mass is 19.1. The molecule has 3 heterocycles. The van der Waals surface area contributed by atoms with Crippen molar-refractivity contribution in [2.75, 3.05) is 5.32 Å². The largest absolute Gasteiger partial charge is 0.310 e. The highest BCUT2D eigenvalue weighted by Crippen LogP contribution is 2.34. The molecule has 0 saturated heterocycles. The molecule has 1 aliphatic carbocycles. The third kappa shape index (κ3) is 3.67. The number of carbonyl (C=O) groups excluding carboxylic acids is 1. The van der Waals surface area contributed by atoms with Crippen molar-refractivity contribution in [2.45, 2.75) is 32.6 Å². The van der Waals surface area contributed by atoms with Crippen LogP contribution in [0.25, 0.3) is 28.2 Å². The van der Waals surface area contributed by atoms with Crippen LogP contribution in [0.4, 0.5) is 10.2 Å². The van der Waals surface area contributed by atoms with Gasteiger partial charge in [0.25, 0.3) is 0 Å². The maximum Gasteiger partial charge on any atom is 0.228 e. The molecule has 1 amide bonds. The van der Waals surface area contributed by atoms with Crippen LogP contribution in [0.3, 0.4) is 0 Å². The maximum absolute atomic E-state index is 13.9. The molecule has 1 fully saturated rings. The summed E-state index contributed by atoms with van der Waals surface area (Å²) in [4.78, 5) is 21.7. The molecule has 31 heavy (non-hydrogen) atoms. The second kappa shape index (κ2) is 7.91. The third-order valence-electron chi connectivity index (χ3n) is 5.83. The molecule has 7 heteroatoms. The van der Waals surface area contributed by atoms with Crippen molar-refractivity contribution in [3.05, 3.63) is 66.2 Å². The van der Waals surface area contributed by atoms with Crippen LogP contribution in [-0.2, 0) is 4.79 Å². The lowest BCUT2D eigenvalue weighted by Crippen LogP contribution is -2.20. The van der Waals surface area contributed by atoms with Crippen molar-refractivity contribution < 1.29 is 9.18 Å². The highest BCUT2D eigenvalue weighted by Gasteiger charge is 2.23. The third-order valence-corrected chi connectivity index (χ3v) is 5.83. The molecule has 0 bridgehead atoms. The van der Waals surface area contributed by atoms with E-state index in [2.05, 4.69) is 15.4 Å². The van der Waals surface area contributed by atoms with E-state index < -0.39 is 0 Å². The Morgan fingerprint density at radius 2 is 1.94 bits per heavy atom. The smallest absolute Gasteiger partial charge is 0.228 e. The molecule has 3 aromatic heterocycles. The lowest BCUT2D eigenvalue weighted by molar-refractivity contribution is -0.119. The molecule has 0 unspecified atom stereocenters. The average Bonchev–Trinajstić information content (AvgIpc) is 3.44. The number of nitrogens with one attached hydrogen (secondary N) is 1.